The molecule has 0 unspecified atom stereocenters. The van der Waals surface area contributed by atoms with Crippen molar-refractivity contribution in [3.8, 4) is 11.8 Å². The SMILES string of the molecule is CC(=O)Nc1ccc(S(=O)(=O)Oc2cccc(/C=C(\C#N)C(=O)Nc3c(Cl)cccc3Cl)c2)cc1. The van der Waals surface area contributed by atoms with Crippen molar-refractivity contribution in [3.63, 3.8) is 0 Å². The van der Waals surface area contributed by atoms with Gasteiger partial charge in [-0.2, -0.15) is 13.7 Å². The van der Waals surface area contributed by atoms with Gasteiger partial charge in [-0.05, 0) is 60.2 Å². The monoisotopic (exact) mass is 529 g/mol. The molecule has 3 rings (SSSR count). The summed E-state index contributed by atoms with van der Waals surface area (Å²) in [4.78, 5) is 23.6. The zero-order valence-electron chi connectivity index (χ0n) is 18.1. The van der Waals surface area contributed by atoms with Crippen molar-refractivity contribution < 1.29 is 22.2 Å². The number of hydrogen-bond acceptors (Lipinski definition) is 6. The van der Waals surface area contributed by atoms with Crippen molar-refractivity contribution in [1.82, 2.24) is 0 Å². The first kappa shape index (κ1) is 25.8. The van der Waals surface area contributed by atoms with Crippen LogP contribution >= 0.6 is 23.2 Å². The molecule has 0 spiro atoms. The molecule has 178 valence electrons. The van der Waals surface area contributed by atoms with Crippen LogP contribution in [-0.2, 0) is 19.7 Å². The van der Waals surface area contributed by atoms with Crippen LogP contribution in [0.15, 0.2) is 77.2 Å². The summed E-state index contributed by atoms with van der Waals surface area (Å²) in [6.07, 6.45) is 1.27. The van der Waals surface area contributed by atoms with E-state index in [2.05, 4.69) is 10.6 Å². The van der Waals surface area contributed by atoms with Gasteiger partial charge in [0.1, 0.15) is 22.3 Å². The van der Waals surface area contributed by atoms with Gasteiger partial charge >= 0.3 is 10.1 Å². The largest absolute Gasteiger partial charge is 0.379 e. The van der Waals surface area contributed by atoms with Gasteiger partial charge in [0.15, 0.2) is 0 Å². The van der Waals surface area contributed by atoms with E-state index in [-0.39, 0.29) is 37.9 Å². The second-order valence-corrected chi connectivity index (χ2v) is 9.40. The van der Waals surface area contributed by atoms with E-state index in [9.17, 15) is 23.3 Å². The van der Waals surface area contributed by atoms with E-state index < -0.39 is 16.0 Å². The van der Waals surface area contributed by atoms with Crippen molar-refractivity contribution >= 4 is 62.6 Å². The third-order valence-corrected chi connectivity index (χ3v) is 6.30. The van der Waals surface area contributed by atoms with Crippen LogP contribution in [0.1, 0.15) is 12.5 Å². The maximum Gasteiger partial charge on any atom is 0.339 e. The summed E-state index contributed by atoms with van der Waals surface area (Å²) in [5, 5.41) is 14.9. The zero-order chi connectivity index (χ0) is 25.6. The number of hydrogen-bond donors (Lipinski definition) is 2. The summed E-state index contributed by atoms with van der Waals surface area (Å²) in [5.41, 5.74) is 0.670. The highest BCUT2D eigenvalue weighted by atomic mass is 35.5. The van der Waals surface area contributed by atoms with Gasteiger partial charge in [0, 0.05) is 12.6 Å². The molecule has 3 aromatic carbocycles. The summed E-state index contributed by atoms with van der Waals surface area (Å²) in [6.45, 7) is 1.34. The molecule has 11 heteroatoms. The number of rotatable bonds is 7. The summed E-state index contributed by atoms with van der Waals surface area (Å²) in [7, 11) is -4.18. The molecule has 3 aromatic rings. The fraction of sp³-hybridized carbons (Fsp3) is 0.0417. The highest BCUT2D eigenvalue weighted by Gasteiger charge is 2.18. The van der Waals surface area contributed by atoms with E-state index in [1.165, 1.54) is 67.6 Å². The smallest absolute Gasteiger partial charge is 0.339 e. The van der Waals surface area contributed by atoms with Gasteiger partial charge in [-0.3, -0.25) is 9.59 Å². The number of nitrogens with zero attached hydrogens (tertiary/aromatic N) is 1. The van der Waals surface area contributed by atoms with Crippen molar-refractivity contribution in [3.05, 3.63) is 87.9 Å². The number of amides is 2. The maximum absolute atomic E-state index is 12.6. The molecule has 35 heavy (non-hydrogen) atoms. The Labute approximate surface area is 211 Å². The second kappa shape index (κ2) is 11.1. The van der Waals surface area contributed by atoms with Gasteiger partial charge in [0.25, 0.3) is 5.91 Å². The first-order valence-electron chi connectivity index (χ1n) is 9.88. The Morgan fingerprint density at radius 3 is 2.20 bits per heavy atom. The van der Waals surface area contributed by atoms with E-state index >= 15 is 0 Å². The minimum Gasteiger partial charge on any atom is -0.379 e. The molecule has 0 saturated carbocycles. The first-order chi connectivity index (χ1) is 16.6. The van der Waals surface area contributed by atoms with Gasteiger partial charge in [-0.1, -0.05) is 41.4 Å². The normalized spacial score (nSPS) is 11.3. The number of halogens is 2. The van der Waals surface area contributed by atoms with Crippen molar-refractivity contribution in [2.75, 3.05) is 10.6 Å². The molecule has 0 aliphatic carbocycles. The Hall–Kier alpha value is -3.84. The molecule has 0 atom stereocenters. The predicted octanol–water partition coefficient (Wildman–Crippen LogP) is 5.27. The summed E-state index contributed by atoms with van der Waals surface area (Å²) in [6, 6.07) is 17.8. The molecule has 0 radical (unpaired) electrons. The lowest BCUT2D eigenvalue weighted by Gasteiger charge is -2.09. The Morgan fingerprint density at radius 2 is 1.60 bits per heavy atom. The molecule has 0 fully saturated rings. The molecule has 8 nitrogen and oxygen atoms in total. The van der Waals surface area contributed by atoms with Crippen molar-refractivity contribution in [2.24, 2.45) is 0 Å². The molecular weight excluding hydrogens is 513 g/mol. The van der Waals surface area contributed by atoms with Crippen LogP contribution in [0, 0.1) is 11.3 Å². The predicted molar refractivity (Wildman–Crippen MR) is 134 cm³/mol. The highest BCUT2D eigenvalue weighted by molar-refractivity contribution is 7.87. The van der Waals surface area contributed by atoms with Crippen molar-refractivity contribution in [1.29, 1.82) is 5.26 Å². The lowest BCUT2D eigenvalue weighted by molar-refractivity contribution is -0.114. The lowest BCUT2D eigenvalue weighted by atomic mass is 10.1. The van der Waals surface area contributed by atoms with E-state index in [0.29, 0.717) is 11.3 Å². The molecule has 0 aromatic heterocycles. The minimum absolute atomic E-state index is 0.0310. The number of para-hydroxylation sites is 1. The van der Waals surface area contributed by atoms with Gasteiger partial charge in [0.05, 0.1) is 15.7 Å². The van der Waals surface area contributed by atoms with E-state index in [4.69, 9.17) is 27.4 Å². The van der Waals surface area contributed by atoms with Crippen LogP contribution < -0.4 is 14.8 Å². The second-order valence-electron chi connectivity index (χ2n) is 7.04. The highest BCUT2D eigenvalue weighted by Crippen LogP contribution is 2.30. The molecule has 2 amide bonds. The van der Waals surface area contributed by atoms with E-state index in [1.54, 1.807) is 18.2 Å². The average Bonchev–Trinajstić information content (AvgIpc) is 2.80. The van der Waals surface area contributed by atoms with Crippen LogP contribution in [0.5, 0.6) is 5.75 Å². The number of nitriles is 1. The Bertz CT molecular complexity index is 1440. The third kappa shape index (κ3) is 6.83. The summed E-state index contributed by atoms with van der Waals surface area (Å²) in [5.74, 6) is -1.07. The van der Waals surface area contributed by atoms with Crippen molar-refractivity contribution in [2.45, 2.75) is 11.8 Å². The number of nitrogens with one attached hydrogen (secondary N) is 2. The fourth-order valence-electron chi connectivity index (χ4n) is 2.85. The molecular formula is C24H17Cl2N3O5S. The fourth-order valence-corrected chi connectivity index (χ4v) is 4.27. The maximum atomic E-state index is 12.6. The number of anilines is 2. The van der Waals surface area contributed by atoms with Gasteiger partial charge < -0.3 is 14.8 Å². The van der Waals surface area contributed by atoms with Crippen LogP contribution in [-0.4, -0.2) is 20.2 Å². The third-order valence-electron chi connectivity index (χ3n) is 4.40. The average molecular weight is 530 g/mol. The lowest BCUT2D eigenvalue weighted by Crippen LogP contribution is -2.14. The van der Waals surface area contributed by atoms with Gasteiger partial charge in [-0.15, -0.1) is 0 Å². The standard InChI is InChI=1S/C24H17Cl2N3O5S/c1-15(30)28-18-8-10-20(11-9-18)35(32,33)34-19-5-2-4-16(13-19)12-17(14-27)24(31)29-23-21(25)6-3-7-22(23)26/h2-13H,1H3,(H,28,30)(H,29,31)/b17-12+. The Morgan fingerprint density at radius 1 is 0.971 bits per heavy atom. The number of carbonyl (C=O) groups is 2. The number of benzene rings is 3. The Kier molecular flexibility index (Phi) is 8.14. The molecule has 0 aliphatic rings. The molecule has 2 N–H and O–H groups in total. The van der Waals surface area contributed by atoms with Gasteiger partial charge in [0.2, 0.25) is 5.91 Å². The van der Waals surface area contributed by atoms with Gasteiger partial charge in [-0.25, -0.2) is 0 Å². The summed E-state index contributed by atoms with van der Waals surface area (Å²) >= 11 is 12.1. The van der Waals surface area contributed by atoms with Crippen LogP contribution in [0.4, 0.5) is 11.4 Å². The minimum atomic E-state index is -4.18. The quantitative estimate of drug-likeness (QED) is 0.244. The Balaban J connectivity index is 1.80. The zero-order valence-corrected chi connectivity index (χ0v) is 20.4. The van der Waals surface area contributed by atoms with Crippen LogP contribution in [0.3, 0.4) is 0 Å². The van der Waals surface area contributed by atoms with Crippen LogP contribution in [0.2, 0.25) is 10.0 Å². The topological polar surface area (TPSA) is 125 Å². The molecule has 0 bridgehead atoms. The molecule has 0 saturated heterocycles. The summed E-state index contributed by atoms with van der Waals surface area (Å²) < 4.78 is 30.5. The molecule has 0 aliphatic heterocycles. The van der Waals surface area contributed by atoms with E-state index in [1.807, 2.05) is 0 Å². The molecule has 0 heterocycles. The van der Waals surface area contributed by atoms with E-state index in [0.717, 1.165) is 0 Å². The van der Waals surface area contributed by atoms with Crippen LogP contribution in [0.25, 0.3) is 6.08 Å². The first-order valence-corrected chi connectivity index (χ1v) is 12.0. The number of carbonyl (C=O) groups excluding carboxylic acids is 2.